The highest BCUT2D eigenvalue weighted by Gasteiger charge is 2.44. The minimum Gasteiger partial charge on any atom is -0.198 e. The first-order valence-corrected chi connectivity index (χ1v) is 12.6. The van der Waals surface area contributed by atoms with Crippen LogP contribution in [0.3, 0.4) is 0 Å². The van der Waals surface area contributed by atoms with Crippen LogP contribution in [0, 0.1) is 46.3 Å². The molecule has 3 rings (SSSR count). The van der Waals surface area contributed by atoms with Gasteiger partial charge in [0.25, 0.3) is 0 Å². The Hall–Kier alpha value is -0.510. The summed E-state index contributed by atoms with van der Waals surface area (Å²) in [6, 6.07) is 2.79. The number of hydrogen-bond donors (Lipinski definition) is 0. The van der Waals surface area contributed by atoms with E-state index in [1.807, 2.05) is 0 Å². The summed E-state index contributed by atoms with van der Waals surface area (Å²) in [7, 11) is 0. The van der Waals surface area contributed by atoms with Crippen molar-refractivity contribution in [2.45, 2.75) is 123 Å². The lowest BCUT2D eigenvalue weighted by atomic mass is 9.57. The second kappa shape index (κ2) is 10.3. The first kappa shape index (κ1) is 21.2. The molecule has 0 radical (unpaired) electrons. The van der Waals surface area contributed by atoms with Crippen molar-refractivity contribution in [2.75, 3.05) is 0 Å². The topological polar surface area (TPSA) is 23.8 Å². The zero-order chi connectivity index (χ0) is 19.1. The van der Waals surface area contributed by atoms with Gasteiger partial charge in [-0.2, -0.15) is 5.26 Å². The second-order valence-electron chi connectivity index (χ2n) is 10.6. The Bertz CT molecular complexity index is 469. The minimum atomic E-state index is 0.0422. The highest BCUT2D eigenvalue weighted by molar-refractivity contribution is 5.04. The largest absolute Gasteiger partial charge is 0.198 e. The number of nitriles is 1. The summed E-state index contributed by atoms with van der Waals surface area (Å²) in [4.78, 5) is 0. The van der Waals surface area contributed by atoms with E-state index >= 15 is 0 Å². The van der Waals surface area contributed by atoms with Crippen LogP contribution >= 0.6 is 0 Å². The van der Waals surface area contributed by atoms with Gasteiger partial charge >= 0.3 is 0 Å². The second-order valence-corrected chi connectivity index (χ2v) is 10.6. The van der Waals surface area contributed by atoms with Crippen molar-refractivity contribution in [2.24, 2.45) is 35.0 Å². The first-order chi connectivity index (χ1) is 13.2. The molecule has 0 aromatic heterocycles. The molecule has 4 atom stereocenters. The smallest absolute Gasteiger partial charge is 0.0689 e. The SMILES string of the molecule is CCCCCC1CCC(C2CCC3CC(C#N)(CCCC)CCC3C2)CC1. The quantitative estimate of drug-likeness (QED) is 0.394. The van der Waals surface area contributed by atoms with Gasteiger partial charge in [0, 0.05) is 0 Å². The maximum Gasteiger partial charge on any atom is 0.0689 e. The predicted molar refractivity (Wildman–Crippen MR) is 115 cm³/mol. The third-order valence-corrected chi connectivity index (χ3v) is 8.85. The summed E-state index contributed by atoms with van der Waals surface area (Å²) in [6.45, 7) is 4.59. The summed E-state index contributed by atoms with van der Waals surface area (Å²) >= 11 is 0. The number of nitrogens with zero attached hydrogens (tertiary/aromatic N) is 1. The number of hydrogen-bond acceptors (Lipinski definition) is 1. The fraction of sp³-hybridized carbons (Fsp3) is 0.962. The average molecular weight is 372 g/mol. The summed E-state index contributed by atoms with van der Waals surface area (Å²) in [5.74, 6) is 4.93. The van der Waals surface area contributed by atoms with Crippen LogP contribution in [-0.2, 0) is 0 Å². The van der Waals surface area contributed by atoms with Crippen LogP contribution in [0.2, 0.25) is 0 Å². The van der Waals surface area contributed by atoms with E-state index in [-0.39, 0.29) is 5.41 Å². The Morgan fingerprint density at radius 3 is 2.15 bits per heavy atom. The number of rotatable bonds is 8. The fourth-order valence-electron chi connectivity index (χ4n) is 7.01. The van der Waals surface area contributed by atoms with Crippen LogP contribution in [-0.4, -0.2) is 0 Å². The molecule has 27 heavy (non-hydrogen) atoms. The molecular formula is C26H45N. The molecule has 3 fully saturated rings. The minimum absolute atomic E-state index is 0.0422. The van der Waals surface area contributed by atoms with Gasteiger partial charge < -0.3 is 0 Å². The van der Waals surface area contributed by atoms with E-state index in [0.29, 0.717) is 0 Å². The van der Waals surface area contributed by atoms with E-state index in [1.165, 1.54) is 103 Å². The van der Waals surface area contributed by atoms with Gasteiger partial charge in [0.1, 0.15) is 0 Å². The molecule has 0 saturated heterocycles. The number of fused-ring (bicyclic) bond motifs is 1. The first-order valence-electron chi connectivity index (χ1n) is 12.6. The molecule has 1 nitrogen and oxygen atoms in total. The Morgan fingerprint density at radius 1 is 0.778 bits per heavy atom. The van der Waals surface area contributed by atoms with Gasteiger partial charge in [-0.1, -0.05) is 65.2 Å². The Labute approximate surface area is 169 Å². The third-order valence-electron chi connectivity index (χ3n) is 8.85. The summed E-state index contributed by atoms with van der Waals surface area (Å²) in [5, 5.41) is 9.87. The van der Waals surface area contributed by atoms with Crippen molar-refractivity contribution in [3.63, 3.8) is 0 Å². The standard InChI is InChI=1S/C26H45N/c1-3-5-7-8-21-9-11-22(12-10-21)23-13-14-25-19-26(20-27,16-6-4-2)17-15-24(25)18-23/h21-25H,3-19H2,1-2H3. The third kappa shape index (κ3) is 5.52. The molecule has 0 heterocycles. The molecule has 154 valence electrons. The van der Waals surface area contributed by atoms with E-state index in [1.54, 1.807) is 0 Å². The fourth-order valence-corrected chi connectivity index (χ4v) is 7.01. The van der Waals surface area contributed by atoms with E-state index < -0.39 is 0 Å². The Morgan fingerprint density at radius 2 is 1.44 bits per heavy atom. The maximum absolute atomic E-state index is 9.87. The molecule has 1 heteroatoms. The van der Waals surface area contributed by atoms with Crippen LogP contribution < -0.4 is 0 Å². The molecule has 0 spiro atoms. The van der Waals surface area contributed by atoms with E-state index in [0.717, 1.165) is 36.0 Å². The van der Waals surface area contributed by atoms with Crippen molar-refractivity contribution in [3.8, 4) is 6.07 Å². The normalized spacial score (nSPS) is 39.5. The van der Waals surface area contributed by atoms with Gasteiger partial charge in [0.15, 0.2) is 0 Å². The van der Waals surface area contributed by atoms with Gasteiger partial charge in [-0.05, 0) is 87.4 Å². The Kier molecular flexibility index (Phi) is 8.10. The van der Waals surface area contributed by atoms with Crippen LogP contribution in [0.5, 0.6) is 0 Å². The van der Waals surface area contributed by atoms with Crippen molar-refractivity contribution < 1.29 is 0 Å². The summed E-state index contributed by atoms with van der Waals surface area (Å²) in [5.41, 5.74) is 0.0422. The van der Waals surface area contributed by atoms with Crippen molar-refractivity contribution in [3.05, 3.63) is 0 Å². The molecule has 0 aliphatic heterocycles. The van der Waals surface area contributed by atoms with Crippen molar-refractivity contribution in [1.82, 2.24) is 0 Å². The Balaban J connectivity index is 1.44. The van der Waals surface area contributed by atoms with E-state index in [2.05, 4.69) is 19.9 Å². The maximum atomic E-state index is 9.87. The van der Waals surface area contributed by atoms with Gasteiger partial charge in [-0.25, -0.2) is 0 Å². The molecule has 3 saturated carbocycles. The zero-order valence-corrected chi connectivity index (χ0v) is 18.4. The highest BCUT2D eigenvalue weighted by Crippen LogP contribution is 2.53. The van der Waals surface area contributed by atoms with Crippen LogP contribution in [0.1, 0.15) is 123 Å². The molecule has 0 N–H and O–H groups in total. The lowest BCUT2D eigenvalue weighted by molar-refractivity contribution is 0.0379. The lowest BCUT2D eigenvalue weighted by Gasteiger charge is -2.47. The van der Waals surface area contributed by atoms with Crippen LogP contribution in [0.25, 0.3) is 0 Å². The molecular weight excluding hydrogens is 326 g/mol. The highest BCUT2D eigenvalue weighted by atomic mass is 14.5. The predicted octanol–water partition coefficient (Wildman–Crippen LogP) is 8.29. The van der Waals surface area contributed by atoms with Crippen LogP contribution in [0.4, 0.5) is 0 Å². The van der Waals surface area contributed by atoms with Gasteiger partial charge in [0.05, 0.1) is 11.5 Å². The van der Waals surface area contributed by atoms with E-state index in [9.17, 15) is 5.26 Å². The molecule has 0 aromatic rings. The van der Waals surface area contributed by atoms with Crippen molar-refractivity contribution >= 4 is 0 Å². The average Bonchev–Trinajstić information content (AvgIpc) is 2.72. The van der Waals surface area contributed by atoms with E-state index in [4.69, 9.17) is 0 Å². The molecule has 0 bridgehead atoms. The summed E-state index contributed by atoms with van der Waals surface area (Å²) in [6.07, 6.45) is 23.7. The molecule has 0 amide bonds. The van der Waals surface area contributed by atoms with Crippen LogP contribution in [0.15, 0.2) is 0 Å². The molecule has 4 unspecified atom stereocenters. The van der Waals surface area contributed by atoms with Gasteiger partial charge in [0.2, 0.25) is 0 Å². The van der Waals surface area contributed by atoms with Gasteiger partial charge in [-0.3, -0.25) is 0 Å². The lowest BCUT2D eigenvalue weighted by Crippen LogP contribution is -2.38. The van der Waals surface area contributed by atoms with Crippen molar-refractivity contribution in [1.29, 1.82) is 5.26 Å². The van der Waals surface area contributed by atoms with Gasteiger partial charge in [-0.15, -0.1) is 0 Å². The monoisotopic (exact) mass is 371 g/mol. The summed E-state index contributed by atoms with van der Waals surface area (Å²) < 4.78 is 0. The molecule has 3 aliphatic rings. The number of unbranched alkanes of at least 4 members (excludes halogenated alkanes) is 3. The zero-order valence-electron chi connectivity index (χ0n) is 18.4. The molecule has 3 aliphatic carbocycles. The molecule has 0 aromatic carbocycles.